The number of hydrogen-bond acceptors (Lipinski definition) is 4. The topological polar surface area (TPSA) is 79.2 Å². The Hall–Kier alpha value is -3.39. The first-order valence-corrected chi connectivity index (χ1v) is 10.0. The molecule has 1 amide bonds. The molecule has 0 fully saturated rings. The van der Waals surface area contributed by atoms with Crippen molar-refractivity contribution in [2.24, 2.45) is 0 Å². The maximum absolute atomic E-state index is 12.5. The van der Waals surface area contributed by atoms with Crippen molar-refractivity contribution in [1.82, 2.24) is 0 Å². The molecular weight excluding hydrogens is 376 g/mol. The zero-order chi connectivity index (χ0) is 22.3. The average Bonchev–Trinajstić information content (AvgIpc) is 2.71. The molecule has 5 nitrogen and oxygen atoms in total. The second-order valence-electron chi connectivity index (χ2n) is 7.83. The van der Waals surface area contributed by atoms with Crippen LogP contribution in [0.5, 0.6) is 0 Å². The van der Waals surface area contributed by atoms with Gasteiger partial charge in [-0.1, -0.05) is 75.7 Å². The molecule has 0 saturated heterocycles. The highest BCUT2D eigenvalue weighted by molar-refractivity contribution is 6.00. The molecule has 2 aromatic carbocycles. The first-order valence-electron chi connectivity index (χ1n) is 10.0. The lowest BCUT2D eigenvalue weighted by Gasteiger charge is -2.20. The first-order chi connectivity index (χ1) is 14.2. The molecular formula is C25H28N2O3. The number of nitrogens with zero attached hydrogens (tertiary/aromatic N) is 1. The molecule has 30 heavy (non-hydrogen) atoms. The third-order valence-corrected chi connectivity index (χ3v) is 4.70. The van der Waals surface area contributed by atoms with Crippen LogP contribution < -0.4 is 5.32 Å². The molecule has 156 valence electrons. The van der Waals surface area contributed by atoms with E-state index in [-0.39, 0.29) is 17.4 Å². The van der Waals surface area contributed by atoms with Crippen molar-refractivity contribution in [2.45, 2.75) is 46.5 Å². The maximum atomic E-state index is 12.5. The number of anilines is 1. The fourth-order valence-electron chi connectivity index (χ4n) is 3.05. The normalized spacial score (nSPS) is 11.3. The number of ether oxygens (including phenoxy) is 1. The minimum atomic E-state index is -0.825. The highest BCUT2D eigenvalue weighted by Gasteiger charge is 2.18. The van der Waals surface area contributed by atoms with Crippen LogP contribution in [0, 0.1) is 18.3 Å². The van der Waals surface area contributed by atoms with Crippen LogP contribution >= 0.6 is 0 Å². The Labute approximate surface area is 178 Å². The number of amides is 1. The van der Waals surface area contributed by atoms with E-state index in [2.05, 4.69) is 33.0 Å². The summed E-state index contributed by atoms with van der Waals surface area (Å²) in [5, 5.41) is 12.2. The SMILES string of the molecule is Cc1ccc(/C=C(\C#N)C(=O)OCC(=O)Nc2c(C(C)C)cccc2C(C)C)cc1. The lowest BCUT2D eigenvalue weighted by molar-refractivity contribution is -0.142. The summed E-state index contributed by atoms with van der Waals surface area (Å²) < 4.78 is 5.08. The summed E-state index contributed by atoms with van der Waals surface area (Å²) >= 11 is 0. The molecule has 0 aliphatic rings. The Bertz CT molecular complexity index is 954. The van der Waals surface area contributed by atoms with Crippen LogP contribution in [-0.4, -0.2) is 18.5 Å². The van der Waals surface area contributed by atoms with Gasteiger partial charge in [-0.3, -0.25) is 4.79 Å². The van der Waals surface area contributed by atoms with E-state index in [9.17, 15) is 14.9 Å². The van der Waals surface area contributed by atoms with Crippen molar-refractivity contribution in [1.29, 1.82) is 5.26 Å². The second kappa shape index (κ2) is 10.4. The lowest BCUT2D eigenvalue weighted by atomic mass is 9.92. The minimum Gasteiger partial charge on any atom is -0.451 e. The molecule has 0 spiro atoms. The molecule has 0 unspecified atom stereocenters. The van der Waals surface area contributed by atoms with Crippen molar-refractivity contribution in [3.63, 3.8) is 0 Å². The van der Waals surface area contributed by atoms with Gasteiger partial charge >= 0.3 is 5.97 Å². The summed E-state index contributed by atoms with van der Waals surface area (Å²) in [6.45, 7) is 9.73. The number of esters is 1. The number of nitriles is 1. The largest absolute Gasteiger partial charge is 0.451 e. The van der Waals surface area contributed by atoms with Gasteiger partial charge in [0, 0.05) is 5.69 Å². The fraction of sp³-hybridized carbons (Fsp3) is 0.320. The molecule has 1 N–H and O–H groups in total. The fourth-order valence-corrected chi connectivity index (χ4v) is 3.05. The van der Waals surface area contributed by atoms with Gasteiger partial charge in [-0.2, -0.15) is 5.26 Å². The third kappa shape index (κ3) is 6.05. The van der Waals surface area contributed by atoms with Crippen LogP contribution in [0.1, 0.15) is 61.8 Å². The van der Waals surface area contributed by atoms with Gasteiger partial charge in [-0.25, -0.2) is 4.79 Å². The molecule has 2 aromatic rings. The summed E-state index contributed by atoms with van der Waals surface area (Å²) in [4.78, 5) is 24.7. The van der Waals surface area contributed by atoms with E-state index in [1.807, 2.05) is 55.5 Å². The standard InChI is InChI=1S/C25H28N2O3/c1-16(2)21-7-6-8-22(17(3)4)24(21)27-23(28)15-30-25(29)20(14-26)13-19-11-9-18(5)10-12-19/h6-13,16-17H,15H2,1-5H3,(H,27,28)/b20-13+. The summed E-state index contributed by atoms with van der Waals surface area (Å²) in [6.07, 6.45) is 1.45. The Balaban J connectivity index is 2.10. The van der Waals surface area contributed by atoms with E-state index in [4.69, 9.17) is 4.74 Å². The molecule has 0 aliphatic heterocycles. The van der Waals surface area contributed by atoms with E-state index in [0.717, 1.165) is 22.4 Å². The van der Waals surface area contributed by atoms with Gasteiger partial charge < -0.3 is 10.1 Å². The third-order valence-electron chi connectivity index (χ3n) is 4.70. The van der Waals surface area contributed by atoms with Crippen molar-refractivity contribution >= 4 is 23.6 Å². The van der Waals surface area contributed by atoms with E-state index < -0.39 is 18.5 Å². The van der Waals surface area contributed by atoms with Crippen molar-refractivity contribution in [2.75, 3.05) is 11.9 Å². The summed E-state index contributed by atoms with van der Waals surface area (Å²) in [5.74, 6) is -0.811. The van der Waals surface area contributed by atoms with Gasteiger partial charge in [0.05, 0.1) is 0 Å². The Morgan fingerprint density at radius 3 is 2.10 bits per heavy atom. The summed E-state index contributed by atoms with van der Waals surface area (Å²) in [5.41, 5.74) is 4.45. The van der Waals surface area contributed by atoms with Crippen molar-refractivity contribution in [3.05, 3.63) is 70.3 Å². The van der Waals surface area contributed by atoms with Crippen LogP contribution in [0.25, 0.3) is 6.08 Å². The summed E-state index contributed by atoms with van der Waals surface area (Å²) in [6, 6.07) is 15.2. The minimum absolute atomic E-state index is 0.155. The Kier molecular flexibility index (Phi) is 7.94. The van der Waals surface area contributed by atoms with Crippen molar-refractivity contribution < 1.29 is 14.3 Å². The molecule has 0 atom stereocenters. The molecule has 0 aliphatic carbocycles. The van der Waals surface area contributed by atoms with Gasteiger partial charge in [0.2, 0.25) is 0 Å². The number of carbonyl (C=O) groups excluding carboxylic acids is 2. The van der Waals surface area contributed by atoms with E-state index in [1.54, 1.807) is 0 Å². The summed E-state index contributed by atoms with van der Waals surface area (Å²) in [7, 11) is 0. The smallest absolute Gasteiger partial charge is 0.349 e. The van der Waals surface area contributed by atoms with Crippen LogP contribution in [0.2, 0.25) is 0 Å². The van der Waals surface area contributed by atoms with Crippen molar-refractivity contribution in [3.8, 4) is 6.07 Å². The molecule has 0 saturated carbocycles. The van der Waals surface area contributed by atoms with Gasteiger partial charge in [0.25, 0.3) is 5.91 Å². The van der Waals surface area contributed by atoms with Gasteiger partial charge in [0.1, 0.15) is 11.6 Å². The molecule has 0 bridgehead atoms. The second-order valence-corrected chi connectivity index (χ2v) is 7.83. The molecule has 5 heteroatoms. The number of aryl methyl sites for hydroxylation is 1. The zero-order valence-electron chi connectivity index (χ0n) is 18.2. The van der Waals surface area contributed by atoms with Crippen LogP contribution in [0.4, 0.5) is 5.69 Å². The van der Waals surface area contributed by atoms with E-state index in [0.29, 0.717) is 5.56 Å². The molecule has 0 heterocycles. The van der Waals surface area contributed by atoms with Gasteiger partial charge in [-0.05, 0) is 41.5 Å². The number of hydrogen-bond donors (Lipinski definition) is 1. The lowest BCUT2D eigenvalue weighted by Crippen LogP contribution is -2.23. The van der Waals surface area contributed by atoms with Crippen LogP contribution in [0.3, 0.4) is 0 Å². The number of nitrogens with one attached hydrogen (secondary N) is 1. The van der Waals surface area contributed by atoms with Crippen LogP contribution in [0.15, 0.2) is 48.0 Å². The zero-order valence-corrected chi connectivity index (χ0v) is 18.2. The molecule has 0 radical (unpaired) electrons. The van der Waals surface area contributed by atoms with E-state index in [1.165, 1.54) is 6.08 Å². The number of para-hydroxylation sites is 1. The Morgan fingerprint density at radius 2 is 1.60 bits per heavy atom. The first kappa shape index (κ1) is 22.9. The van der Waals surface area contributed by atoms with Gasteiger partial charge in [0.15, 0.2) is 6.61 Å². The molecule has 2 rings (SSSR count). The predicted octanol–water partition coefficient (Wildman–Crippen LogP) is 5.33. The number of benzene rings is 2. The van der Waals surface area contributed by atoms with Crippen LogP contribution in [-0.2, 0) is 14.3 Å². The molecule has 0 aromatic heterocycles. The van der Waals surface area contributed by atoms with E-state index >= 15 is 0 Å². The predicted molar refractivity (Wildman–Crippen MR) is 119 cm³/mol. The highest BCUT2D eigenvalue weighted by Crippen LogP contribution is 2.32. The number of rotatable bonds is 7. The Morgan fingerprint density at radius 1 is 1.03 bits per heavy atom. The highest BCUT2D eigenvalue weighted by atomic mass is 16.5. The quantitative estimate of drug-likeness (QED) is 0.384. The number of carbonyl (C=O) groups is 2. The maximum Gasteiger partial charge on any atom is 0.349 e. The van der Waals surface area contributed by atoms with Gasteiger partial charge in [-0.15, -0.1) is 0 Å². The average molecular weight is 405 g/mol. The monoisotopic (exact) mass is 404 g/mol.